The van der Waals surface area contributed by atoms with Gasteiger partial charge in [0, 0.05) is 31.5 Å². The second kappa shape index (κ2) is 8.66. The minimum atomic E-state index is -1.82. The van der Waals surface area contributed by atoms with Gasteiger partial charge in [-0.05, 0) is 44.3 Å². The summed E-state index contributed by atoms with van der Waals surface area (Å²) < 4.78 is 18.5. The van der Waals surface area contributed by atoms with Crippen molar-refractivity contribution in [2.45, 2.75) is 90.0 Å². The van der Waals surface area contributed by atoms with Crippen molar-refractivity contribution in [3.05, 3.63) is 12.2 Å². The van der Waals surface area contributed by atoms with E-state index >= 15 is 0 Å². The Hall–Kier alpha value is -0.203. The highest BCUT2D eigenvalue weighted by Gasteiger charge is 2.45. The predicted molar refractivity (Wildman–Crippen MR) is 104 cm³/mol. The minimum Gasteiger partial charge on any atom is -0.416 e. The fourth-order valence-corrected chi connectivity index (χ4v) is 4.55. The molecule has 0 aromatic rings. The summed E-state index contributed by atoms with van der Waals surface area (Å²) in [6.45, 7) is 14.8. The molecular formula is C20H38O4Si. The molecule has 4 nitrogen and oxygen atoms in total. The largest absolute Gasteiger partial charge is 0.416 e. The molecule has 1 heterocycles. The van der Waals surface area contributed by atoms with Crippen LogP contribution in [0.3, 0.4) is 0 Å². The quantitative estimate of drug-likeness (QED) is 0.553. The van der Waals surface area contributed by atoms with E-state index in [9.17, 15) is 5.11 Å². The Balaban J connectivity index is 2.06. The van der Waals surface area contributed by atoms with Gasteiger partial charge in [-0.3, -0.25) is 0 Å². The molecule has 0 amide bonds. The lowest BCUT2D eigenvalue weighted by Crippen LogP contribution is -2.44. The Kier molecular flexibility index (Phi) is 7.31. The van der Waals surface area contributed by atoms with Crippen LogP contribution in [0, 0.1) is 11.8 Å². The molecule has 0 aromatic carbocycles. The molecule has 1 unspecified atom stereocenters. The molecule has 0 bridgehead atoms. The lowest BCUT2D eigenvalue weighted by Gasteiger charge is -2.38. The number of ether oxygens (including phenoxy) is 2. The van der Waals surface area contributed by atoms with Gasteiger partial charge in [-0.25, -0.2) is 0 Å². The van der Waals surface area contributed by atoms with Gasteiger partial charge in [0.25, 0.3) is 0 Å². The molecule has 2 aliphatic rings. The highest BCUT2D eigenvalue weighted by Crippen LogP contribution is 2.41. The van der Waals surface area contributed by atoms with Gasteiger partial charge in [-0.1, -0.05) is 32.9 Å². The van der Waals surface area contributed by atoms with Crippen molar-refractivity contribution in [1.82, 2.24) is 0 Å². The summed E-state index contributed by atoms with van der Waals surface area (Å²) in [7, 11) is -1.82. The number of rotatable bonds is 6. The van der Waals surface area contributed by atoms with E-state index in [4.69, 9.17) is 13.9 Å². The predicted octanol–water partition coefficient (Wildman–Crippen LogP) is 4.49. The molecule has 0 radical (unpaired) electrons. The average molecular weight is 371 g/mol. The van der Waals surface area contributed by atoms with Crippen LogP contribution in [0.25, 0.3) is 0 Å². The molecule has 2 rings (SSSR count). The summed E-state index contributed by atoms with van der Waals surface area (Å²) in [4.78, 5) is 0. The van der Waals surface area contributed by atoms with Gasteiger partial charge in [0.2, 0.25) is 0 Å². The maximum atomic E-state index is 10.6. The first-order chi connectivity index (χ1) is 11.7. The molecule has 1 N–H and O–H groups in total. The van der Waals surface area contributed by atoms with Gasteiger partial charge in [-0.2, -0.15) is 0 Å². The van der Waals surface area contributed by atoms with Gasteiger partial charge in [0.1, 0.15) is 0 Å². The van der Waals surface area contributed by atoms with E-state index in [1.807, 2.05) is 13.0 Å². The summed E-state index contributed by atoms with van der Waals surface area (Å²) in [5, 5.41) is 10.7. The van der Waals surface area contributed by atoms with Crippen LogP contribution in [0.1, 0.15) is 53.4 Å². The van der Waals surface area contributed by atoms with Crippen molar-refractivity contribution in [2.75, 3.05) is 13.2 Å². The fourth-order valence-electron chi connectivity index (χ4n) is 3.51. The normalized spacial score (nSPS) is 34.8. The number of allylic oxidation sites excluding steroid dienone is 1. The van der Waals surface area contributed by atoms with Gasteiger partial charge >= 0.3 is 0 Å². The van der Waals surface area contributed by atoms with Crippen molar-refractivity contribution in [3.63, 3.8) is 0 Å². The van der Waals surface area contributed by atoms with E-state index in [1.54, 1.807) is 0 Å². The zero-order valence-electron chi connectivity index (χ0n) is 17.0. The first kappa shape index (κ1) is 21.1. The molecular weight excluding hydrogens is 332 g/mol. The summed E-state index contributed by atoms with van der Waals surface area (Å²) in [5.74, 6) is 0.286. The lowest BCUT2D eigenvalue weighted by atomic mass is 9.94. The van der Waals surface area contributed by atoms with Crippen LogP contribution in [0.15, 0.2) is 12.2 Å². The molecule has 0 aromatic heterocycles. The van der Waals surface area contributed by atoms with Crippen molar-refractivity contribution >= 4 is 8.32 Å². The molecule has 1 saturated heterocycles. The summed E-state index contributed by atoms with van der Waals surface area (Å²) >= 11 is 0. The SMILES string of the molecule is CC=C[C@@H]1[C@@H](CO[Si](C)(C)C(C)(C)C)[C@H](OC2CCCCO2)C[C@H]1O. The van der Waals surface area contributed by atoms with Crippen LogP contribution in [0.5, 0.6) is 0 Å². The topological polar surface area (TPSA) is 47.9 Å². The third kappa shape index (κ3) is 5.39. The Morgan fingerprint density at radius 1 is 1.24 bits per heavy atom. The first-order valence-corrected chi connectivity index (χ1v) is 12.8. The van der Waals surface area contributed by atoms with E-state index in [0.29, 0.717) is 13.0 Å². The second-order valence-corrected chi connectivity index (χ2v) is 13.9. The van der Waals surface area contributed by atoms with Crippen LogP contribution in [-0.2, 0) is 13.9 Å². The van der Waals surface area contributed by atoms with Gasteiger partial charge in [0.05, 0.1) is 12.2 Å². The molecule has 1 saturated carbocycles. The minimum absolute atomic E-state index is 0.00377. The van der Waals surface area contributed by atoms with E-state index in [0.717, 1.165) is 25.9 Å². The third-order valence-electron chi connectivity index (χ3n) is 6.21. The number of aliphatic hydroxyl groups excluding tert-OH is 1. The van der Waals surface area contributed by atoms with Crippen LogP contribution < -0.4 is 0 Å². The maximum Gasteiger partial charge on any atom is 0.191 e. The second-order valence-electron chi connectivity index (χ2n) is 9.11. The van der Waals surface area contributed by atoms with Gasteiger partial charge in [0.15, 0.2) is 14.6 Å². The zero-order chi connectivity index (χ0) is 18.7. The van der Waals surface area contributed by atoms with Crippen LogP contribution in [0.4, 0.5) is 0 Å². The lowest BCUT2D eigenvalue weighted by molar-refractivity contribution is -0.197. The average Bonchev–Trinajstić information content (AvgIpc) is 2.81. The van der Waals surface area contributed by atoms with Crippen LogP contribution >= 0.6 is 0 Å². The summed E-state index contributed by atoms with van der Waals surface area (Å²) in [6.07, 6.45) is 7.57. The molecule has 1 aliphatic heterocycles. The monoisotopic (exact) mass is 370 g/mol. The van der Waals surface area contributed by atoms with Crippen LogP contribution in [0.2, 0.25) is 18.1 Å². The standard InChI is InChI=1S/C20H38O4Si/c1-7-10-15-16(14-23-25(5,6)20(2,3)4)18(13-17(15)21)24-19-11-8-9-12-22-19/h7,10,15-19,21H,8-9,11-14H2,1-6H3/t15-,16-,17-,18-,19?/m1/s1. The van der Waals surface area contributed by atoms with E-state index in [-0.39, 0.29) is 35.4 Å². The van der Waals surface area contributed by atoms with E-state index < -0.39 is 8.32 Å². The van der Waals surface area contributed by atoms with E-state index in [1.165, 1.54) is 0 Å². The van der Waals surface area contributed by atoms with Crippen molar-refractivity contribution in [2.24, 2.45) is 11.8 Å². The smallest absolute Gasteiger partial charge is 0.191 e. The number of hydrogen-bond acceptors (Lipinski definition) is 4. The Morgan fingerprint density at radius 3 is 2.52 bits per heavy atom. The van der Waals surface area contributed by atoms with E-state index in [2.05, 4.69) is 39.9 Å². The Bertz CT molecular complexity index is 437. The van der Waals surface area contributed by atoms with Crippen molar-refractivity contribution < 1.29 is 19.0 Å². The third-order valence-corrected chi connectivity index (χ3v) is 10.7. The number of hydrogen-bond donors (Lipinski definition) is 1. The molecule has 2 fully saturated rings. The van der Waals surface area contributed by atoms with Crippen molar-refractivity contribution in [3.8, 4) is 0 Å². The molecule has 146 valence electrons. The molecule has 0 spiro atoms. The maximum absolute atomic E-state index is 10.6. The van der Waals surface area contributed by atoms with Crippen molar-refractivity contribution in [1.29, 1.82) is 0 Å². The van der Waals surface area contributed by atoms with Crippen LogP contribution in [-0.4, -0.2) is 45.1 Å². The highest BCUT2D eigenvalue weighted by molar-refractivity contribution is 6.74. The molecule has 5 atom stereocenters. The number of aliphatic hydroxyl groups is 1. The fraction of sp³-hybridized carbons (Fsp3) is 0.900. The highest BCUT2D eigenvalue weighted by atomic mass is 28.4. The molecule has 25 heavy (non-hydrogen) atoms. The Morgan fingerprint density at radius 2 is 1.96 bits per heavy atom. The Labute approximate surface area is 155 Å². The zero-order valence-corrected chi connectivity index (χ0v) is 18.0. The summed E-state index contributed by atoms with van der Waals surface area (Å²) in [6, 6.07) is 0. The van der Waals surface area contributed by atoms with Gasteiger partial charge < -0.3 is 19.0 Å². The van der Waals surface area contributed by atoms with Gasteiger partial charge in [-0.15, -0.1) is 0 Å². The molecule has 1 aliphatic carbocycles. The summed E-state index contributed by atoms with van der Waals surface area (Å²) in [5.41, 5.74) is 0. The first-order valence-electron chi connectivity index (χ1n) is 9.87. The molecule has 5 heteroatoms.